The zero-order valence-electron chi connectivity index (χ0n) is 18.3. The Hall–Kier alpha value is -3.28. The zero-order valence-corrected chi connectivity index (χ0v) is 19.8. The Morgan fingerprint density at radius 1 is 0.909 bits per heavy atom. The number of hydrogen-bond donors (Lipinski definition) is 1. The number of anilines is 1. The highest BCUT2D eigenvalue weighted by atomic mass is 35.5. The second-order valence-electron chi connectivity index (χ2n) is 7.97. The second-order valence-corrected chi connectivity index (χ2v) is 9.64. The van der Waals surface area contributed by atoms with Crippen LogP contribution in [0.15, 0.2) is 79.0 Å². The highest BCUT2D eigenvalue weighted by Gasteiger charge is 2.13. The van der Waals surface area contributed by atoms with Gasteiger partial charge >= 0.3 is 0 Å². The van der Waals surface area contributed by atoms with Crippen molar-refractivity contribution >= 4 is 39.0 Å². The topological polar surface area (TPSA) is 50.7 Å². The number of aryl methyl sites for hydroxylation is 2. The number of pyridine rings is 1. The van der Waals surface area contributed by atoms with E-state index in [1.54, 1.807) is 6.20 Å². The van der Waals surface area contributed by atoms with Crippen molar-refractivity contribution in [3.8, 4) is 22.6 Å². The Kier molecular flexibility index (Phi) is 6.33. The maximum Gasteiger partial charge on any atom is 0.181 e. The molecule has 5 rings (SSSR count). The predicted molar refractivity (Wildman–Crippen MR) is 139 cm³/mol. The van der Waals surface area contributed by atoms with Crippen LogP contribution in [0.3, 0.4) is 0 Å². The second kappa shape index (κ2) is 9.69. The molecule has 5 aromatic rings. The summed E-state index contributed by atoms with van der Waals surface area (Å²) in [5, 5.41) is 4.44. The first kappa shape index (κ1) is 21.6. The van der Waals surface area contributed by atoms with E-state index < -0.39 is 0 Å². The van der Waals surface area contributed by atoms with E-state index in [0.717, 1.165) is 41.1 Å². The zero-order chi connectivity index (χ0) is 22.6. The summed E-state index contributed by atoms with van der Waals surface area (Å²) < 4.78 is 0.703. The van der Waals surface area contributed by atoms with Gasteiger partial charge in [0.1, 0.15) is 16.3 Å². The van der Waals surface area contributed by atoms with Crippen molar-refractivity contribution in [2.75, 3.05) is 11.9 Å². The number of hydrogen-bond acceptors (Lipinski definition) is 5. The maximum atomic E-state index is 6.27. The molecule has 6 heteroatoms. The summed E-state index contributed by atoms with van der Waals surface area (Å²) in [5.74, 6) is 1.41. The van der Waals surface area contributed by atoms with E-state index in [-0.39, 0.29) is 0 Å². The Morgan fingerprint density at radius 2 is 1.67 bits per heavy atom. The molecule has 2 aromatic carbocycles. The fourth-order valence-electron chi connectivity index (χ4n) is 3.75. The van der Waals surface area contributed by atoms with Gasteiger partial charge in [-0.15, -0.1) is 11.3 Å². The van der Waals surface area contributed by atoms with E-state index in [1.165, 1.54) is 33.6 Å². The van der Waals surface area contributed by atoms with Gasteiger partial charge in [-0.3, -0.25) is 4.98 Å². The van der Waals surface area contributed by atoms with Crippen LogP contribution >= 0.6 is 22.9 Å². The number of benzene rings is 2. The Balaban J connectivity index is 1.25. The monoisotopic (exact) mass is 470 g/mol. The molecule has 0 unspecified atom stereocenters. The van der Waals surface area contributed by atoms with Gasteiger partial charge in [0.2, 0.25) is 0 Å². The fourth-order valence-corrected chi connectivity index (χ4v) is 4.83. The molecule has 1 N–H and O–H groups in total. The molecule has 164 valence electrons. The molecule has 4 nitrogen and oxygen atoms in total. The van der Waals surface area contributed by atoms with Crippen LogP contribution in [0.1, 0.15) is 17.5 Å². The normalized spacial score (nSPS) is 11.1. The molecular weight excluding hydrogens is 448 g/mol. The van der Waals surface area contributed by atoms with Gasteiger partial charge in [-0.25, -0.2) is 9.97 Å². The lowest BCUT2D eigenvalue weighted by Gasteiger charge is -2.09. The summed E-state index contributed by atoms with van der Waals surface area (Å²) in [6, 6.07) is 25.2. The first-order valence-corrected chi connectivity index (χ1v) is 12.1. The summed E-state index contributed by atoms with van der Waals surface area (Å²) in [6.45, 7) is 2.92. The van der Waals surface area contributed by atoms with Gasteiger partial charge in [-0.1, -0.05) is 71.8 Å². The molecule has 0 aliphatic rings. The molecule has 3 aromatic heterocycles. The molecule has 33 heavy (non-hydrogen) atoms. The fraction of sp³-hybridized carbons (Fsp3) is 0.148. The highest BCUT2D eigenvalue weighted by molar-refractivity contribution is 7.22. The van der Waals surface area contributed by atoms with Crippen molar-refractivity contribution < 1.29 is 0 Å². The molecule has 0 amide bonds. The SMILES string of the molecule is Cc1ccc(-c2ccc(CCCNc3nc(-c4ccccn4)nc4sc(Cl)cc34)cc2)cc1. The van der Waals surface area contributed by atoms with Crippen LogP contribution in [0.4, 0.5) is 5.82 Å². The van der Waals surface area contributed by atoms with E-state index in [2.05, 4.69) is 70.7 Å². The smallest absolute Gasteiger partial charge is 0.181 e. The Bertz CT molecular complexity index is 1360. The molecule has 0 fully saturated rings. The third-order valence-corrected chi connectivity index (χ3v) is 6.69. The van der Waals surface area contributed by atoms with Crippen molar-refractivity contribution in [2.24, 2.45) is 0 Å². The number of fused-ring (bicyclic) bond motifs is 1. The molecule has 0 atom stereocenters. The number of rotatable bonds is 7. The van der Waals surface area contributed by atoms with Crippen molar-refractivity contribution in [2.45, 2.75) is 19.8 Å². The summed E-state index contributed by atoms with van der Waals surface area (Å²) >= 11 is 7.72. The average Bonchev–Trinajstić information content (AvgIpc) is 3.23. The predicted octanol–water partition coefficient (Wildman–Crippen LogP) is 7.43. The van der Waals surface area contributed by atoms with Gasteiger partial charge < -0.3 is 5.32 Å². The standard InChI is InChI=1S/C27H23ClN4S/c1-18-7-11-20(12-8-18)21-13-9-19(10-14-21)5-4-16-30-25-22-17-24(28)33-27(22)32-26(31-25)23-6-2-3-15-29-23/h2-3,6-15,17H,4-5,16H2,1H3,(H,30,31,32). The first-order chi connectivity index (χ1) is 16.2. The largest absolute Gasteiger partial charge is 0.369 e. The van der Waals surface area contributed by atoms with Gasteiger partial charge in [0.25, 0.3) is 0 Å². The van der Waals surface area contributed by atoms with Gasteiger partial charge in [0.15, 0.2) is 5.82 Å². The van der Waals surface area contributed by atoms with E-state index in [4.69, 9.17) is 16.6 Å². The molecule has 3 heterocycles. The third kappa shape index (κ3) is 5.05. The van der Waals surface area contributed by atoms with Crippen LogP contribution in [0.25, 0.3) is 32.9 Å². The molecule has 0 radical (unpaired) electrons. The number of nitrogens with one attached hydrogen (secondary N) is 1. The average molecular weight is 471 g/mol. The molecule has 0 aliphatic carbocycles. The van der Waals surface area contributed by atoms with Crippen LogP contribution in [0.2, 0.25) is 4.34 Å². The van der Waals surface area contributed by atoms with Gasteiger partial charge in [-0.2, -0.15) is 0 Å². The lowest BCUT2D eigenvalue weighted by molar-refractivity contribution is 0.860. The van der Waals surface area contributed by atoms with Gasteiger partial charge in [-0.05, 0) is 54.7 Å². The lowest BCUT2D eigenvalue weighted by Crippen LogP contribution is -2.06. The number of aromatic nitrogens is 3. The molecular formula is C27H23ClN4S. The quantitative estimate of drug-likeness (QED) is 0.251. The highest BCUT2D eigenvalue weighted by Crippen LogP contribution is 2.33. The number of halogens is 1. The van der Waals surface area contributed by atoms with Crippen LogP contribution in [0, 0.1) is 6.92 Å². The maximum absolute atomic E-state index is 6.27. The van der Waals surface area contributed by atoms with Gasteiger partial charge in [0.05, 0.1) is 9.72 Å². The van der Waals surface area contributed by atoms with Crippen LogP contribution < -0.4 is 5.32 Å². The van der Waals surface area contributed by atoms with Crippen molar-refractivity contribution in [3.05, 3.63) is 94.5 Å². The van der Waals surface area contributed by atoms with Crippen molar-refractivity contribution in [1.29, 1.82) is 0 Å². The van der Waals surface area contributed by atoms with Crippen LogP contribution in [-0.2, 0) is 6.42 Å². The molecule has 0 saturated carbocycles. The van der Waals surface area contributed by atoms with E-state index in [9.17, 15) is 0 Å². The van der Waals surface area contributed by atoms with Crippen molar-refractivity contribution in [1.82, 2.24) is 15.0 Å². The summed E-state index contributed by atoms with van der Waals surface area (Å²) in [6.07, 6.45) is 3.74. The minimum atomic E-state index is 0.607. The molecule has 0 spiro atoms. The number of nitrogens with zero attached hydrogens (tertiary/aromatic N) is 3. The van der Waals surface area contributed by atoms with Crippen LogP contribution in [0.5, 0.6) is 0 Å². The molecule has 0 aliphatic heterocycles. The minimum absolute atomic E-state index is 0.607. The third-order valence-electron chi connectivity index (χ3n) is 5.53. The summed E-state index contributed by atoms with van der Waals surface area (Å²) in [5.41, 5.74) is 5.85. The Morgan fingerprint density at radius 3 is 2.39 bits per heavy atom. The molecule has 0 bridgehead atoms. The van der Waals surface area contributed by atoms with E-state index >= 15 is 0 Å². The summed E-state index contributed by atoms with van der Waals surface area (Å²) in [7, 11) is 0. The van der Waals surface area contributed by atoms with E-state index in [1.807, 2.05) is 24.3 Å². The number of thiophene rings is 1. The van der Waals surface area contributed by atoms with Gasteiger partial charge in [0, 0.05) is 12.7 Å². The Labute approximate surface area is 202 Å². The van der Waals surface area contributed by atoms with Crippen LogP contribution in [-0.4, -0.2) is 21.5 Å². The summed E-state index contributed by atoms with van der Waals surface area (Å²) in [4.78, 5) is 14.7. The van der Waals surface area contributed by atoms with E-state index in [0.29, 0.717) is 10.2 Å². The van der Waals surface area contributed by atoms with Crippen molar-refractivity contribution in [3.63, 3.8) is 0 Å². The first-order valence-electron chi connectivity index (χ1n) is 10.9. The minimum Gasteiger partial charge on any atom is -0.369 e. The lowest BCUT2D eigenvalue weighted by atomic mass is 10.0. The molecule has 0 saturated heterocycles.